The maximum Gasteiger partial charge on any atom is 0.333 e. The van der Waals surface area contributed by atoms with Crippen LogP contribution in [-0.4, -0.2) is 56.8 Å². The van der Waals surface area contributed by atoms with Crippen LogP contribution in [0.1, 0.15) is 47.5 Å². The summed E-state index contributed by atoms with van der Waals surface area (Å²) in [5.74, 6) is -2.10. The highest BCUT2D eigenvalue weighted by atomic mass is 16.6. The SMILES string of the molecule is CC=C(C)C(=O)O[C@H]1C[C@](C)(O)C2=C([C@H]3OC(=O)[C@@H](C)[C@H]13)[C@@](C)(O)C[C@H]2O. The molecule has 7 nitrogen and oxygen atoms in total. The van der Waals surface area contributed by atoms with E-state index in [0.717, 1.165) is 0 Å². The number of aliphatic hydroxyl groups is 3. The molecule has 0 bridgehead atoms. The van der Waals surface area contributed by atoms with Crippen LogP contribution in [0.15, 0.2) is 22.8 Å². The molecule has 7 atom stereocenters. The molecule has 0 aromatic carbocycles. The minimum Gasteiger partial charge on any atom is -0.458 e. The number of rotatable bonds is 2. The summed E-state index contributed by atoms with van der Waals surface area (Å²) in [5, 5.41) is 32.6. The third-order valence-electron chi connectivity index (χ3n) is 6.24. The maximum absolute atomic E-state index is 12.4. The number of aliphatic hydroxyl groups excluding tert-OH is 1. The van der Waals surface area contributed by atoms with Gasteiger partial charge in [0.2, 0.25) is 0 Å². The van der Waals surface area contributed by atoms with E-state index in [0.29, 0.717) is 11.1 Å². The third-order valence-corrected chi connectivity index (χ3v) is 6.24. The van der Waals surface area contributed by atoms with Crippen molar-refractivity contribution in [3.63, 3.8) is 0 Å². The molecule has 0 aromatic rings. The van der Waals surface area contributed by atoms with Crippen LogP contribution in [0.4, 0.5) is 0 Å². The van der Waals surface area contributed by atoms with E-state index in [1.165, 1.54) is 6.92 Å². The number of allylic oxidation sites excluding steroid dienone is 1. The summed E-state index contributed by atoms with van der Waals surface area (Å²) in [7, 11) is 0. The van der Waals surface area contributed by atoms with Crippen molar-refractivity contribution in [3.05, 3.63) is 22.8 Å². The van der Waals surface area contributed by atoms with Gasteiger partial charge in [-0.2, -0.15) is 0 Å². The summed E-state index contributed by atoms with van der Waals surface area (Å²) >= 11 is 0. The van der Waals surface area contributed by atoms with E-state index in [9.17, 15) is 24.9 Å². The molecule has 0 aromatic heterocycles. The Morgan fingerprint density at radius 3 is 2.41 bits per heavy atom. The van der Waals surface area contributed by atoms with Crippen molar-refractivity contribution in [2.75, 3.05) is 0 Å². The highest BCUT2D eigenvalue weighted by Crippen LogP contribution is 2.52. The van der Waals surface area contributed by atoms with Gasteiger partial charge in [0.25, 0.3) is 0 Å². The molecule has 7 heteroatoms. The summed E-state index contributed by atoms with van der Waals surface area (Å²) in [6.07, 6.45) is -1.07. The Balaban J connectivity index is 2.10. The Hall–Kier alpha value is -1.70. The lowest BCUT2D eigenvalue weighted by Gasteiger charge is -2.33. The molecule has 3 N–H and O–H groups in total. The lowest BCUT2D eigenvalue weighted by Crippen LogP contribution is -2.42. The number of fused-ring (bicyclic) bond motifs is 2. The molecule has 150 valence electrons. The van der Waals surface area contributed by atoms with Gasteiger partial charge >= 0.3 is 11.9 Å². The molecule has 3 aliphatic rings. The average Bonchev–Trinajstić information content (AvgIpc) is 2.93. The fraction of sp³-hybridized carbons (Fsp3) is 0.700. The van der Waals surface area contributed by atoms with E-state index in [1.807, 2.05) is 0 Å². The highest BCUT2D eigenvalue weighted by molar-refractivity contribution is 5.88. The van der Waals surface area contributed by atoms with Gasteiger partial charge in [-0.05, 0) is 33.3 Å². The zero-order valence-electron chi connectivity index (χ0n) is 16.4. The first-order chi connectivity index (χ1) is 12.4. The molecule has 0 amide bonds. The van der Waals surface area contributed by atoms with Crippen LogP contribution in [0.3, 0.4) is 0 Å². The topological polar surface area (TPSA) is 113 Å². The smallest absolute Gasteiger partial charge is 0.333 e. The maximum atomic E-state index is 12.4. The van der Waals surface area contributed by atoms with Gasteiger partial charge < -0.3 is 24.8 Å². The molecule has 3 rings (SSSR count). The van der Waals surface area contributed by atoms with Crippen LogP contribution in [0, 0.1) is 11.8 Å². The third kappa shape index (κ3) is 3.11. The van der Waals surface area contributed by atoms with Crippen LogP contribution >= 0.6 is 0 Å². The zero-order valence-corrected chi connectivity index (χ0v) is 16.4. The molecule has 27 heavy (non-hydrogen) atoms. The van der Waals surface area contributed by atoms with Gasteiger partial charge in [0, 0.05) is 24.0 Å². The van der Waals surface area contributed by atoms with Crippen molar-refractivity contribution >= 4 is 11.9 Å². The Labute approximate surface area is 158 Å². The molecule has 1 aliphatic heterocycles. The first kappa shape index (κ1) is 20.0. The zero-order chi connectivity index (χ0) is 20.3. The lowest BCUT2D eigenvalue weighted by atomic mass is 9.80. The monoisotopic (exact) mass is 380 g/mol. The van der Waals surface area contributed by atoms with Gasteiger partial charge in [0.1, 0.15) is 12.2 Å². The first-order valence-corrected chi connectivity index (χ1v) is 9.33. The second-order valence-corrected chi connectivity index (χ2v) is 8.44. The molecule has 2 aliphatic carbocycles. The van der Waals surface area contributed by atoms with Crippen LogP contribution in [0.2, 0.25) is 0 Å². The number of hydrogen-bond acceptors (Lipinski definition) is 7. The average molecular weight is 380 g/mol. The summed E-state index contributed by atoms with van der Waals surface area (Å²) in [5.41, 5.74) is -1.92. The van der Waals surface area contributed by atoms with E-state index in [4.69, 9.17) is 9.47 Å². The molecule has 1 saturated heterocycles. The van der Waals surface area contributed by atoms with Gasteiger partial charge in [-0.1, -0.05) is 13.0 Å². The first-order valence-electron chi connectivity index (χ1n) is 9.33. The summed E-state index contributed by atoms with van der Waals surface area (Å²) in [6, 6.07) is 0. The summed E-state index contributed by atoms with van der Waals surface area (Å²) in [4.78, 5) is 24.7. The van der Waals surface area contributed by atoms with E-state index >= 15 is 0 Å². The standard InChI is InChI=1S/C20H28O7/c1-6-9(2)17(22)26-12-8-20(5,25)14-11(21)7-19(4,24)15(14)16-13(12)10(3)18(23)27-16/h6,10-13,16,21,24-25H,7-8H2,1-5H3/t10-,11+,12-,13+,16-,19-,20-/m0/s1. The fourth-order valence-corrected chi connectivity index (χ4v) is 4.77. The minimum absolute atomic E-state index is 0.00382. The summed E-state index contributed by atoms with van der Waals surface area (Å²) in [6.45, 7) is 8.11. The van der Waals surface area contributed by atoms with Gasteiger partial charge in [0.15, 0.2) is 0 Å². The highest BCUT2D eigenvalue weighted by Gasteiger charge is 2.60. The fourth-order valence-electron chi connectivity index (χ4n) is 4.77. The molecule has 0 unspecified atom stereocenters. The Morgan fingerprint density at radius 1 is 1.22 bits per heavy atom. The molecular weight excluding hydrogens is 352 g/mol. The van der Waals surface area contributed by atoms with E-state index in [2.05, 4.69) is 0 Å². The number of carbonyl (C=O) groups excluding carboxylic acids is 2. The Morgan fingerprint density at radius 2 is 1.81 bits per heavy atom. The minimum atomic E-state index is -1.51. The predicted molar refractivity (Wildman–Crippen MR) is 95.4 cm³/mol. The number of esters is 2. The largest absolute Gasteiger partial charge is 0.458 e. The van der Waals surface area contributed by atoms with Crippen LogP contribution in [0.25, 0.3) is 0 Å². The Kier molecular flexibility index (Phi) is 4.77. The second kappa shape index (κ2) is 6.43. The molecular formula is C20H28O7. The lowest BCUT2D eigenvalue weighted by molar-refractivity contribution is -0.151. The quantitative estimate of drug-likeness (QED) is 0.372. The second-order valence-electron chi connectivity index (χ2n) is 8.44. The Bertz CT molecular complexity index is 731. The number of ether oxygens (including phenoxy) is 2. The van der Waals surface area contributed by atoms with E-state index < -0.39 is 53.3 Å². The van der Waals surface area contributed by atoms with Crippen LogP contribution in [0.5, 0.6) is 0 Å². The van der Waals surface area contributed by atoms with Gasteiger partial charge in [-0.25, -0.2) is 4.79 Å². The predicted octanol–water partition coefficient (Wildman–Crippen LogP) is 1.01. The number of hydrogen-bond donors (Lipinski definition) is 3. The molecule has 1 heterocycles. The van der Waals surface area contributed by atoms with Crippen molar-refractivity contribution in [2.45, 2.75) is 77.0 Å². The van der Waals surface area contributed by atoms with Gasteiger partial charge in [0.05, 0.1) is 29.1 Å². The van der Waals surface area contributed by atoms with Crippen LogP contribution < -0.4 is 0 Å². The van der Waals surface area contributed by atoms with E-state index in [-0.39, 0.29) is 18.4 Å². The molecule has 0 radical (unpaired) electrons. The van der Waals surface area contributed by atoms with E-state index in [1.54, 1.807) is 33.8 Å². The normalized spacial score (nSPS) is 44.5. The van der Waals surface area contributed by atoms with Crippen molar-refractivity contribution in [3.8, 4) is 0 Å². The van der Waals surface area contributed by atoms with Crippen molar-refractivity contribution < 1.29 is 34.4 Å². The van der Waals surface area contributed by atoms with Crippen molar-refractivity contribution in [1.82, 2.24) is 0 Å². The van der Waals surface area contributed by atoms with Crippen molar-refractivity contribution in [2.24, 2.45) is 11.8 Å². The summed E-state index contributed by atoms with van der Waals surface area (Å²) < 4.78 is 11.2. The van der Waals surface area contributed by atoms with Gasteiger partial charge in [-0.15, -0.1) is 0 Å². The number of carbonyl (C=O) groups is 2. The van der Waals surface area contributed by atoms with Crippen molar-refractivity contribution in [1.29, 1.82) is 0 Å². The van der Waals surface area contributed by atoms with Crippen LogP contribution in [-0.2, 0) is 19.1 Å². The van der Waals surface area contributed by atoms with Gasteiger partial charge in [-0.3, -0.25) is 4.79 Å². The molecule has 1 fully saturated rings. The molecule has 0 spiro atoms. The molecule has 0 saturated carbocycles.